The van der Waals surface area contributed by atoms with Crippen molar-refractivity contribution in [3.63, 3.8) is 0 Å². The van der Waals surface area contributed by atoms with Crippen molar-refractivity contribution < 1.29 is 8.42 Å². The minimum atomic E-state index is -3.33. The second kappa shape index (κ2) is 5.46. The van der Waals surface area contributed by atoms with Crippen LogP contribution in [0.5, 0.6) is 0 Å². The van der Waals surface area contributed by atoms with Gasteiger partial charge in [-0.25, -0.2) is 18.4 Å². The lowest BCUT2D eigenvalue weighted by molar-refractivity contribution is 0.597. The molecule has 112 valence electrons. The van der Waals surface area contributed by atoms with Crippen LogP contribution in [-0.2, 0) is 9.84 Å². The van der Waals surface area contributed by atoms with Crippen molar-refractivity contribution in [1.29, 1.82) is 0 Å². The molecule has 0 aliphatic carbocycles. The lowest BCUT2D eigenvalue weighted by Gasteiger charge is -2.08. The number of benzene rings is 1. The lowest BCUT2D eigenvalue weighted by atomic mass is 10.2. The van der Waals surface area contributed by atoms with Crippen LogP contribution in [0, 0.1) is 6.92 Å². The second-order valence-electron chi connectivity index (χ2n) is 5.01. The zero-order valence-electron chi connectivity index (χ0n) is 12.3. The van der Waals surface area contributed by atoms with Gasteiger partial charge in [0.15, 0.2) is 15.7 Å². The topological polar surface area (TPSA) is 72.8 Å². The highest BCUT2D eigenvalue weighted by Gasteiger charge is 2.18. The molecule has 3 aromatic rings. The molecule has 3 rings (SSSR count). The van der Waals surface area contributed by atoms with Gasteiger partial charge in [-0.2, -0.15) is 0 Å². The van der Waals surface area contributed by atoms with Gasteiger partial charge in [-0.15, -0.1) is 0 Å². The van der Waals surface area contributed by atoms with Crippen molar-refractivity contribution in [2.45, 2.75) is 18.7 Å². The number of aryl methyl sites for hydroxylation is 1. The van der Waals surface area contributed by atoms with Crippen LogP contribution in [0.3, 0.4) is 0 Å². The number of nitrogens with zero attached hydrogens (tertiary/aromatic N) is 3. The monoisotopic (exact) mass is 313 g/mol. The Balaban J connectivity index is 2.24. The Morgan fingerprint density at radius 3 is 2.59 bits per heavy atom. The number of pyridine rings is 1. The van der Waals surface area contributed by atoms with Crippen molar-refractivity contribution in [1.82, 2.24) is 15.0 Å². The molecule has 5 nitrogen and oxygen atoms in total. The van der Waals surface area contributed by atoms with E-state index >= 15 is 0 Å². The summed E-state index contributed by atoms with van der Waals surface area (Å²) in [5.74, 6) is 0.436. The molecule has 0 radical (unpaired) electrons. The van der Waals surface area contributed by atoms with E-state index in [2.05, 4.69) is 15.0 Å². The van der Waals surface area contributed by atoms with E-state index < -0.39 is 9.84 Å². The molecule has 0 N–H and O–H groups in total. The maximum atomic E-state index is 12.2. The maximum absolute atomic E-state index is 12.2. The van der Waals surface area contributed by atoms with Crippen molar-refractivity contribution in [3.8, 4) is 11.4 Å². The van der Waals surface area contributed by atoms with Crippen molar-refractivity contribution in [2.75, 3.05) is 5.75 Å². The van der Waals surface area contributed by atoms with Gasteiger partial charge >= 0.3 is 0 Å². The second-order valence-corrected chi connectivity index (χ2v) is 7.26. The van der Waals surface area contributed by atoms with Gasteiger partial charge in [0.1, 0.15) is 5.52 Å². The van der Waals surface area contributed by atoms with Gasteiger partial charge in [-0.3, -0.25) is 4.98 Å². The standard InChI is InChI=1S/C16H15N3O2S/c1-3-22(20,21)15-7-5-4-6-12(15)16-18-10-14-13(19-16)8-11(2)9-17-14/h4-10H,3H2,1-2H3. The molecule has 0 saturated carbocycles. The lowest BCUT2D eigenvalue weighted by Crippen LogP contribution is -2.06. The Morgan fingerprint density at radius 1 is 1.05 bits per heavy atom. The SMILES string of the molecule is CCS(=O)(=O)c1ccccc1-c1ncc2ncc(C)cc2n1. The highest BCUT2D eigenvalue weighted by atomic mass is 32.2. The molecule has 0 aliphatic rings. The summed E-state index contributed by atoms with van der Waals surface area (Å²) in [6.07, 6.45) is 3.37. The molecule has 0 bridgehead atoms. The number of fused-ring (bicyclic) bond motifs is 1. The van der Waals surface area contributed by atoms with Gasteiger partial charge in [0.25, 0.3) is 0 Å². The molecule has 1 aromatic carbocycles. The Labute approximate surface area is 129 Å². The molecular formula is C16H15N3O2S. The van der Waals surface area contributed by atoms with E-state index in [0.717, 1.165) is 5.56 Å². The molecule has 0 unspecified atom stereocenters. The van der Waals surface area contributed by atoms with E-state index in [-0.39, 0.29) is 10.6 Å². The van der Waals surface area contributed by atoms with Gasteiger partial charge < -0.3 is 0 Å². The van der Waals surface area contributed by atoms with Gasteiger partial charge in [-0.1, -0.05) is 19.1 Å². The van der Waals surface area contributed by atoms with E-state index in [4.69, 9.17) is 0 Å². The molecule has 0 spiro atoms. The molecule has 0 fully saturated rings. The van der Waals surface area contributed by atoms with Crippen LogP contribution in [0.15, 0.2) is 47.6 Å². The fourth-order valence-corrected chi connectivity index (χ4v) is 3.32. The van der Waals surface area contributed by atoms with Crippen LogP contribution in [-0.4, -0.2) is 29.1 Å². The first-order valence-electron chi connectivity index (χ1n) is 6.93. The molecule has 2 aromatic heterocycles. The van der Waals surface area contributed by atoms with Gasteiger partial charge in [0, 0.05) is 11.8 Å². The number of sulfone groups is 1. The van der Waals surface area contributed by atoms with Gasteiger partial charge in [0.2, 0.25) is 0 Å². The molecule has 0 atom stereocenters. The summed E-state index contributed by atoms with van der Waals surface area (Å²) in [4.78, 5) is 13.3. The van der Waals surface area contributed by atoms with E-state index in [1.807, 2.05) is 13.0 Å². The van der Waals surface area contributed by atoms with E-state index in [0.29, 0.717) is 22.4 Å². The predicted molar refractivity (Wildman–Crippen MR) is 85.2 cm³/mol. The fourth-order valence-electron chi connectivity index (χ4n) is 2.23. The summed E-state index contributed by atoms with van der Waals surface area (Å²) in [6.45, 7) is 3.56. The Kier molecular flexibility index (Phi) is 3.62. The zero-order valence-corrected chi connectivity index (χ0v) is 13.1. The third-order valence-electron chi connectivity index (χ3n) is 3.41. The fraction of sp³-hybridized carbons (Fsp3) is 0.188. The summed E-state index contributed by atoms with van der Waals surface area (Å²) in [5, 5.41) is 0. The highest BCUT2D eigenvalue weighted by Crippen LogP contribution is 2.26. The van der Waals surface area contributed by atoms with Crippen LogP contribution < -0.4 is 0 Å². The van der Waals surface area contributed by atoms with Crippen LogP contribution in [0.1, 0.15) is 12.5 Å². The Hall–Kier alpha value is -2.34. The Bertz CT molecular complexity index is 953. The third-order valence-corrected chi connectivity index (χ3v) is 5.20. The van der Waals surface area contributed by atoms with Crippen molar-refractivity contribution >= 4 is 20.9 Å². The summed E-state index contributed by atoms with van der Waals surface area (Å²) >= 11 is 0. The summed E-state index contributed by atoms with van der Waals surface area (Å²) in [6, 6.07) is 8.72. The average molecular weight is 313 g/mol. The zero-order chi connectivity index (χ0) is 15.7. The van der Waals surface area contributed by atoms with Crippen LogP contribution in [0.2, 0.25) is 0 Å². The molecule has 0 aliphatic heterocycles. The third kappa shape index (κ3) is 2.57. The number of hydrogen-bond acceptors (Lipinski definition) is 5. The predicted octanol–water partition coefficient (Wildman–Crippen LogP) is 2.79. The summed E-state index contributed by atoms with van der Waals surface area (Å²) in [5.41, 5.74) is 2.90. The first kappa shape index (κ1) is 14.6. The molecule has 0 amide bonds. The molecule has 22 heavy (non-hydrogen) atoms. The van der Waals surface area contributed by atoms with Gasteiger partial charge in [-0.05, 0) is 30.7 Å². The first-order chi connectivity index (χ1) is 10.5. The number of aromatic nitrogens is 3. The van der Waals surface area contributed by atoms with E-state index in [1.165, 1.54) is 0 Å². The first-order valence-corrected chi connectivity index (χ1v) is 8.58. The van der Waals surface area contributed by atoms with E-state index in [9.17, 15) is 8.42 Å². The smallest absolute Gasteiger partial charge is 0.178 e. The minimum Gasteiger partial charge on any atom is -0.253 e. The largest absolute Gasteiger partial charge is 0.253 e. The quantitative estimate of drug-likeness (QED) is 0.743. The average Bonchev–Trinajstić information content (AvgIpc) is 2.54. The molecule has 2 heterocycles. The van der Waals surface area contributed by atoms with Crippen LogP contribution in [0.25, 0.3) is 22.4 Å². The summed E-state index contributed by atoms with van der Waals surface area (Å²) < 4.78 is 24.5. The van der Waals surface area contributed by atoms with Crippen molar-refractivity contribution in [3.05, 3.63) is 48.3 Å². The van der Waals surface area contributed by atoms with Crippen molar-refractivity contribution in [2.24, 2.45) is 0 Å². The molecule has 6 heteroatoms. The molecular weight excluding hydrogens is 298 g/mol. The normalized spacial score (nSPS) is 11.7. The van der Waals surface area contributed by atoms with Crippen LogP contribution >= 0.6 is 0 Å². The van der Waals surface area contributed by atoms with Crippen LogP contribution in [0.4, 0.5) is 0 Å². The van der Waals surface area contributed by atoms with E-state index in [1.54, 1.807) is 43.6 Å². The number of rotatable bonds is 3. The Morgan fingerprint density at radius 2 is 1.82 bits per heavy atom. The van der Waals surface area contributed by atoms with Gasteiger partial charge in [0.05, 0.1) is 22.4 Å². The minimum absolute atomic E-state index is 0.0399. The molecule has 0 saturated heterocycles. The number of hydrogen-bond donors (Lipinski definition) is 0. The summed E-state index contributed by atoms with van der Waals surface area (Å²) in [7, 11) is -3.33. The highest BCUT2D eigenvalue weighted by molar-refractivity contribution is 7.91. The maximum Gasteiger partial charge on any atom is 0.178 e.